The SMILES string of the molecule is CC(CNC(=O)c1ccc2c(c1)OCO2)Oc1cccc(CN(C)Cc2cccs2)c1. The lowest BCUT2D eigenvalue weighted by Crippen LogP contribution is -2.33. The van der Waals surface area contributed by atoms with Crippen molar-refractivity contribution in [3.63, 3.8) is 0 Å². The van der Waals surface area contributed by atoms with Gasteiger partial charge in [-0.15, -0.1) is 11.3 Å². The van der Waals surface area contributed by atoms with Crippen LogP contribution in [0.4, 0.5) is 0 Å². The van der Waals surface area contributed by atoms with E-state index >= 15 is 0 Å². The zero-order valence-corrected chi connectivity index (χ0v) is 18.5. The number of amides is 1. The Morgan fingerprint density at radius 2 is 2.00 bits per heavy atom. The van der Waals surface area contributed by atoms with Crippen LogP contribution in [0.1, 0.15) is 27.7 Å². The third kappa shape index (κ3) is 5.77. The molecule has 4 rings (SSSR count). The van der Waals surface area contributed by atoms with Gasteiger partial charge in [0.25, 0.3) is 5.91 Å². The van der Waals surface area contributed by atoms with Crippen LogP contribution in [-0.4, -0.2) is 37.3 Å². The lowest BCUT2D eigenvalue weighted by Gasteiger charge is -2.18. The molecule has 0 fully saturated rings. The third-order valence-electron chi connectivity index (χ3n) is 4.88. The van der Waals surface area contributed by atoms with E-state index in [2.05, 4.69) is 46.9 Å². The molecule has 1 atom stereocenters. The van der Waals surface area contributed by atoms with Crippen LogP contribution in [0.2, 0.25) is 0 Å². The van der Waals surface area contributed by atoms with Gasteiger partial charge in [0.1, 0.15) is 11.9 Å². The molecule has 7 heteroatoms. The third-order valence-corrected chi connectivity index (χ3v) is 5.74. The number of hydrogen-bond donors (Lipinski definition) is 1. The molecule has 6 nitrogen and oxygen atoms in total. The summed E-state index contributed by atoms with van der Waals surface area (Å²) in [6.45, 7) is 4.29. The quantitative estimate of drug-likeness (QED) is 0.540. The molecule has 0 radical (unpaired) electrons. The normalized spacial score (nSPS) is 13.3. The summed E-state index contributed by atoms with van der Waals surface area (Å²) >= 11 is 1.77. The lowest BCUT2D eigenvalue weighted by atomic mass is 10.2. The van der Waals surface area contributed by atoms with Crippen LogP contribution in [0, 0.1) is 0 Å². The second kappa shape index (κ2) is 9.85. The number of benzene rings is 2. The van der Waals surface area contributed by atoms with Crippen molar-refractivity contribution in [2.75, 3.05) is 20.4 Å². The summed E-state index contributed by atoms with van der Waals surface area (Å²) in [6, 6.07) is 17.5. The van der Waals surface area contributed by atoms with Crippen molar-refractivity contribution in [2.45, 2.75) is 26.1 Å². The molecule has 1 N–H and O–H groups in total. The molecule has 1 aromatic heterocycles. The number of carbonyl (C=O) groups is 1. The Morgan fingerprint density at radius 3 is 2.84 bits per heavy atom. The van der Waals surface area contributed by atoms with E-state index in [4.69, 9.17) is 14.2 Å². The highest BCUT2D eigenvalue weighted by Gasteiger charge is 2.16. The molecule has 31 heavy (non-hydrogen) atoms. The number of thiophene rings is 1. The molecule has 1 aliphatic rings. The summed E-state index contributed by atoms with van der Waals surface area (Å²) in [5.41, 5.74) is 1.72. The Morgan fingerprint density at radius 1 is 1.13 bits per heavy atom. The van der Waals surface area contributed by atoms with Gasteiger partial charge in [0.15, 0.2) is 11.5 Å². The zero-order valence-electron chi connectivity index (χ0n) is 17.7. The highest BCUT2D eigenvalue weighted by Crippen LogP contribution is 2.32. The zero-order chi connectivity index (χ0) is 21.6. The van der Waals surface area contributed by atoms with Crippen molar-refractivity contribution in [3.05, 3.63) is 76.0 Å². The second-order valence-corrected chi connectivity index (χ2v) is 8.64. The van der Waals surface area contributed by atoms with E-state index in [1.165, 1.54) is 10.4 Å². The van der Waals surface area contributed by atoms with Gasteiger partial charge in [-0.05, 0) is 61.3 Å². The Hall–Kier alpha value is -3.03. The number of nitrogens with one attached hydrogen (secondary N) is 1. The first kappa shape index (κ1) is 21.2. The van der Waals surface area contributed by atoms with Crippen LogP contribution in [0.5, 0.6) is 17.2 Å². The van der Waals surface area contributed by atoms with Crippen molar-refractivity contribution in [1.29, 1.82) is 0 Å². The molecule has 0 spiro atoms. The highest BCUT2D eigenvalue weighted by molar-refractivity contribution is 7.09. The largest absolute Gasteiger partial charge is 0.489 e. The molecule has 1 aliphatic heterocycles. The molecule has 3 aromatic rings. The average Bonchev–Trinajstić information content (AvgIpc) is 3.43. The van der Waals surface area contributed by atoms with Gasteiger partial charge in [-0.2, -0.15) is 0 Å². The number of ether oxygens (including phenoxy) is 3. The maximum absolute atomic E-state index is 12.4. The van der Waals surface area contributed by atoms with Crippen LogP contribution < -0.4 is 19.5 Å². The van der Waals surface area contributed by atoms with E-state index in [0.29, 0.717) is 23.6 Å². The van der Waals surface area contributed by atoms with Gasteiger partial charge in [0.2, 0.25) is 6.79 Å². The van der Waals surface area contributed by atoms with Crippen molar-refractivity contribution in [2.24, 2.45) is 0 Å². The predicted molar refractivity (Wildman–Crippen MR) is 121 cm³/mol. The first-order valence-electron chi connectivity index (χ1n) is 10.2. The van der Waals surface area contributed by atoms with Crippen molar-refractivity contribution in [3.8, 4) is 17.2 Å². The maximum atomic E-state index is 12.4. The maximum Gasteiger partial charge on any atom is 0.251 e. The summed E-state index contributed by atoms with van der Waals surface area (Å²) in [4.78, 5) is 16.1. The first-order valence-corrected chi connectivity index (χ1v) is 11.1. The summed E-state index contributed by atoms with van der Waals surface area (Å²) in [5.74, 6) is 1.89. The fraction of sp³-hybridized carbons (Fsp3) is 0.292. The van der Waals surface area contributed by atoms with Gasteiger partial charge in [-0.25, -0.2) is 0 Å². The topological polar surface area (TPSA) is 60.0 Å². The highest BCUT2D eigenvalue weighted by atomic mass is 32.1. The van der Waals surface area contributed by atoms with Gasteiger partial charge in [-0.1, -0.05) is 18.2 Å². The summed E-state index contributed by atoms with van der Waals surface area (Å²) in [7, 11) is 2.11. The fourth-order valence-corrected chi connectivity index (χ4v) is 4.19. The van der Waals surface area contributed by atoms with E-state index < -0.39 is 0 Å². The van der Waals surface area contributed by atoms with Crippen LogP contribution >= 0.6 is 11.3 Å². The first-order chi connectivity index (χ1) is 15.1. The minimum Gasteiger partial charge on any atom is -0.489 e. The Balaban J connectivity index is 1.27. The van der Waals surface area contributed by atoms with Gasteiger partial charge in [0, 0.05) is 23.5 Å². The van der Waals surface area contributed by atoms with Gasteiger partial charge < -0.3 is 19.5 Å². The van der Waals surface area contributed by atoms with E-state index in [1.807, 2.05) is 19.1 Å². The molecule has 0 saturated carbocycles. The summed E-state index contributed by atoms with van der Waals surface area (Å²) < 4.78 is 16.6. The molecule has 0 saturated heterocycles. The van der Waals surface area contributed by atoms with Crippen molar-refractivity contribution in [1.82, 2.24) is 10.2 Å². The molecular formula is C24H26N2O4S. The molecule has 2 heterocycles. The van der Waals surface area contributed by atoms with Crippen molar-refractivity contribution < 1.29 is 19.0 Å². The molecule has 1 unspecified atom stereocenters. The van der Waals surface area contributed by atoms with Gasteiger partial charge in [-0.3, -0.25) is 9.69 Å². The molecular weight excluding hydrogens is 412 g/mol. The fourth-order valence-electron chi connectivity index (χ4n) is 3.40. The number of rotatable bonds is 9. The van der Waals surface area contributed by atoms with Crippen LogP contribution in [0.3, 0.4) is 0 Å². The standard InChI is InChI=1S/C24H26N2O4S/c1-17(13-25-24(27)19-8-9-22-23(12-19)29-16-28-22)30-20-6-3-5-18(11-20)14-26(2)15-21-7-4-10-31-21/h3-12,17H,13-16H2,1-2H3,(H,25,27). The predicted octanol–water partition coefficient (Wildman–Crippen LogP) is 4.31. The van der Waals surface area contributed by atoms with E-state index in [9.17, 15) is 4.79 Å². The van der Waals surface area contributed by atoms with Gasteiger partial charge in [0.05, 0.1) is 6.54 Å². The van der Waals surface area contributed by atoms with Crippen LogP contribution in [-0.2, 0) is 13.1 Å². The smallest absolute Gasteiger partial charge is 0.251 e. The molecule has 0 bridgehead atoms. The number of nitrogens with zero attached hydrogens (tertiary/aromatic N) is 1. The Labute approximate surface area is 186 Å². The molecule has 1 amide bonds. The van der Waals surface area contributed by atoms with Crippen LogP contribution in [0.25, 0.3) is 0 Å². The average molecular weight is 439 g/mol. The number of fused-ring (bicyclic) bond motifs is 1. The molecule has 2 aromatic carbocycles. The van der Waals surface area contributed by atoms with E-state index in [1.54, 1.807) is 29.5 Å². The van der Waals surface area contributed by atoms with Crippen LogP contribution in [0.15, 0.2) is 60.0 Å². The Bertz CT molecular complexity index is 1020. The molecule has 162 valence electrons. The lowest BCUT2D eigenvalue weighted by molar-refractivity contribution is 0.0931. The number of carbonyl (C=O) groups excluding carboxylic acids is 1. The summed E-state index contributed by atoms with van der Waals surface area (Å²) in [5, 5.41) is 5.02. The minimum atomic E-state index is -0.169. The second-order valence-electron chi connectivity index (χ2n) is 7.61. The van der Waals surface area contributed by atoms with E-state index in [-0.39, 0.29) is 18.8 Å². The Kier molecular flexibility index (Phi) is 6.74. The molecule has 0 aliphatic carbocycles. The van der Waals surface area contributed by atoms with E-state index in [0.717, 1.165) is 18.8 Å². The minimum absolute atomic E-state index is 0.169. The summed E-state index contributed by atoms with van der Waals surface area (Å²) in [6.07, 6.45) is -0.169. The monoisotopic (exact) mass is 438 g/mol. The van der Waals surface area contributed by atoms with Gasteiger partial charge >= 0.3 is 0 Å². The van der Waals surface area contributed by atoms with Crippen molar-refractivity contribution >= 4 is 17.2 Å². The number of hydrogen-bond acceptors (Lipinski definition) is 6.